The van der Waals surface area contributed by atoms with Crippen molar-refractivity contribution >= 4 is 5.69 Å². The Kier molecular flexibility index (Phi) is 5.72. The minimum absolute atomic E-state index is 0.547. The van der Waals surface area contributed by atoms with Crippen LogP contribution in [0.2, 0.25) is 0 Å². The molecule has 1 fully saturated rings. The second-order valence-corrected chi connectivity index (χ2v) is 5.74. The third kappa shape index (κ3) is 3.89. The molecule has 1 aromatic rings. The molecule has 0 saturated carbocycles. The van der Waals surface area contributed by atoms with Gasteiger partial charge in [0.25, 0.3) is 0 Å². The predicted molar refractivity (Wildman–Crippen MR) is 85.7 cm³/mol. The Bertz CT molecular complexity index is 390. The van der Waals surface area contributed by atoms with Gasteiger partial charge in [-0.1, -0.05) is 20.3 Å². The second kappa shape index (κ2) is 7.53. The molecule has 1 saturated heterocycles. The Labute approximate surface area is 123 Å². The standard InChI is InChI=1S/C17H28N2O/c1-4-6-15-13-19(14(3)12-18-15)16-7-9-17(10-8-16)20-11-5-2/h7-10,14-15,18H,4-6,11-13H2,1-3H3. The van der Waals surface area contributed by atoms with E-state index in [4.69, 9.17) is 4.74 Å². The highest BCUT2D eigenvalue weighted by atomic mass is 16.5. The van der Waals surface area contributed by atoms with E-state index in [2.05, 4.69) is 55.3 Å². The van der Waals surface area contributed by atoms with Gasteiger partial charge in [-0.2, -0.15) is 0 Å². The first-order valence-electron chi connectivity index (χ1n) is 7.97. The van der Waals surface area contributed by atoms with Gasteiger partial charge in [0, 0.05) is 30.9 Å². The Morgan fingerprint density at radius 1 is 1.20 bits per heavy atom. The van der Waals surface area contributed by atoms with Crippen molar-refractivity contribution in [2.24, 2.45) is 0 Å². The van der Waals surface area contributed by atoms with Crippen LogP contribution in [-0.2, 0) is 0 Å². The van der Waals surface area contributed by atoms with Crippen LogP contribution in [0, 0.1) is 0 Å². The normalized spacial score (nSPS) is 22.9. The molecular weight excluding hydrogens is 248 g/mol. The monoisotopic (exact) mass is 276 g/mol. The molecule has 0 amide bonds. The number of hydrogen-bond donors (Lipinski definition) is 1. The average molecular weight is 276 g/mol. The highest BCUT2D eigenvalue weighted by molar-refractivity contribution is 5.50. The third-order valence-electron chi connectivity index (χ3n) is 3.93. The molecule has 1 N–H and O–H groups in total. The maximum atomic E-state index is 5.65. The van der Waals surface area contributed by atoms with E-state index in [-0.39, 0.29) is 0 Å². The summed E-state index contributed by atoms with van der Waals surface area (Å²) in [6.45, 7) is 9.64. The Morgan fingerprint density at radius 3 is 2.60 bits per heavy atom. The van der Waals surface area contributed by atoms with Gasteiger partial charge in [0.1, 0.15) is 5.75 Å². The molecule has 1 aliphatic rings. The largest absolute Gasteiger partial charge is 0.494 e. The van der Waals surface area contributed by atoms with Gasteiger partial charge in [0.2, 0.25) is 0 Å². The zero-order valence-electron chi connectivity index (χ0n) is 13.1. The molecule has 0 aromatic heterocycles. The molecule has 1 aromatic carbocycles. The molecule has 0 aliphatic carbocycles. The van der Waals surface area contributed by atoms with Crippen molar-refractivity contribution in [1.29, 1.82) is 0 Å². The van der Waals surface area contributed by atoms with Crippen LogP contribution in [0.25, 0.3) is 0 Å². The lowest BCUT2D eigenvalue weighted by atomic mass is 10.1. The van der Waals surface area contributed by atoms with E-state index in [1.807, 2.05) is 0 Å². The highest BCUT2D eigenvalue weighted by Crippen LogP contribution is 2.23. The van der Waals surface area contributed by atoms with E-state index in [0.29, 0.717) is 12.1 Å². The van der Waals surface area contributed by atoms with Crippen molar-refractivity contribution in [1.82, 2.24) is 5.32 Å². The van der Waals surface area contributed by atoms with Crippen LogP contribution in [0.1, 0.15) is 40.0 Å². The molecule has 0 spiro atoms. The number of rotatable bonds is 6. The Hall–Kier alpha value is -1.22. The summed E-state index contributed by atoms with van der Waals surface area (Å²) in [6, 6.07) is 9.73. The second-order valence-electron chi connectivity index (χ2n) is 5.74. The van der Waals surface area contributed by atoms with Crippen LogP contribution in [0.3, 0.4) is 0 Å². The van der Waals surface area contributed by atoms with E-state index >= 15 is 0 Å². The van der Waals surface area contributed by atoms with Crippen LogP contribution in [-0.4, -0.2) is 31.8 Å². The van der Waals surface area contributed by atoms with Crippen molar-refractivity contribution in [2.45, 2.75) is 52.1 Å². The zero-order chi connectivity index (χ0) is 14.4. The fourth-order valence-electron chi connectivity index (χ4n) is 2.78. The summed E-state index contributed by atoms with van der Waals surface area (Å²) in [5, 5.41) is 3.64. The van der Waals surface area contributed by atoms with Gasteiger partial charge in [-0.05, 0) is 44.0 Å². The molecule has 1 aliphatic heterocycles. The lowest BCUT2D eigenvalue weighted by Crippen LogP contribution is -2.55. The summed E-state index contributed by atoms with van der Waals surface area (Å²) in [5.41, 5.74) is 1.31. The fourth-order valence-corrected chi connectivity index (χ4v) is 2.78. The number of nitrogens with one attached hydrogen (secondary N) is 1. The summed E-state index contributed by atoms with van der Waals surface area (Å²) in [4.78, 5) is 2.51. The molecule has 112 valence electrons. The number of anilines is 1. The first-order chi connectivity index (χ1) is 9.74. The molecule has 0 bridgehead atoms. The number of benzene rings is 1. The Balaban J connectivity index is 2.01. The van der Waals surface area contributed by atoms with Crippen molar-refractivity contribution < 1.29 is 4.74 Å². The van der Waals surface area contributed by atoms with Crippen LogP contribution in [0.15, 0.2) is 24.3 Å². The zero-order valence-corrected chi connectivity index (χ0v) is 13.1. The van der Waals surface area contributed by atoms with Gasteiger partial charge in [-0.15, -0.1) is 0 Å². The molecule has 2 unspecified atom stereocenters. The fraction of sp³-hybridized carbons (Fsp3) is 0.647. The molecule has 2 atom stereocenters. The van der Waals surface area contributed by atoms with Crippen LogP contribution < -0.4 is 15.0 Å². The van der Waals surface area contributed by atoms with E-state index in [0.717, 1.165) is 31.9 Å². The molecular formula is C17H28N2O. The summed E-state index contributed by atoms with van der Waals surface area (Å²) in [7, 11) is 0. The summed E-state index contributed by atoms with van der Waals surface area (Å²) in [5.74, 6) is 0.975. The molecule has 1 heterocycles. The maximum Gasteiger partial charge on any atom is 0.119 e. The summed E-state index contributed by atoms with van der Waals surface area (Å²) >= 11 is 0. The van der Waals surface area contributed by atoms with Gasteiger partial charge in [0.15, 0.2) is 0 Å². The van der Waals surface area contributed by atoms with E-state index < -0.39 is 0 Å². The van der Waals surface area contributed by atoms with Gasteiger partial charge in [-0.25, -0.2) is 0 Å². The first kappa shape index (κ1) is 15.2. The average Bonchev–Trinajstić information content (AvgIpc) is 2.48. The molecule has 2 rings (SSSR count). The summed E-state index contributed by atoms with van der Waals surface area (Å²) in [6.07, 6.45) is 3.54. The molecule has 0 radical (unpaired) electrons. The van der Waals surface area contributed by atoms with Gasteiger partial charge >= 0.3 is 0 Å². The number of hydrogen-bond acceptors (Lipinski definition) is 3. The molecule has 20 heavy (non-hydrogen) atoms. The van der Waals surface area contributed by atoms with E-state index in [1.54, 1.807) is 0 Å². The molecule has 3 nitrogen and oxygen atoms in total. The van der Waals surface area contributed by atoms with Crippen molar-refractivity contribution in [3.63, 3.8) is 0 Å². The first-order valence-corrected chi connectivity index (χ1v) is 7.97. The predicted octanol–water partition coefficient (Wildman–Crippen LogP) is 3.44. The minimum atomic E-state index is 0.547. The lowest BCUT2D eigenvalue weighted by Gasteiger charge is -2.40. The smallest absolute Gasteiger partial charge is 0.119 e. The Morgan fingerprint density at radius 2 is 1.95 bits per heavy atom. The third-order valence-corrected chi connectivity index (χ3v) is 3.93. The van der Waals surface area contributed by atoms with Gasteiger partial charge in [-0.3, -0.25) is 0 Å². The van der Waals surface area contributed by atoms with Crippen molar-refractivity contribution in [3.8, 4) is 5.75 Å². The van der Waals surface area contributed by atoms with Gasteiger partial charge < -0.3 is 15.0 Å². The van der Waals surface area contributed by atoms with Gasteiger partial charge in [0.05, 0.1) is 6.61 Å². The van der Waals surface area contributed by atoms with Crippen molar-refractivity contribution in [2.75, 3.05) is 24.6 Å². The quantitative estimate of drug-likeness (QED) is 0.861. The summed E-state index contributed by atoms with van der Waals surface area (Å²) < 4.78 is 5.65. The SMILES string of the molecule is CCCOc1ccc(N2CC(CCC)NCC2C)cc1. The van der Waals surface area contributed by atoms with Crippen LogP contribution in [0.4, 0.5) is 5.69 Å². The van der Waals surface area contributed by atoms with Crippen LogP contribution >= 0.6 is 0 Å². The van der Waals surface area contributed by atoms with Crippen molar-refractivity contribution in [3.05, 3.63) is 24.3 Å². The van der Waals surface area contributed by atoms with Crippen LogP contribution in [0.5, 0.6) is 5.75 Å². The lowest BCUT2D eigenvalue weighted by molar-refractivity contribution is 0.317. The number of ether oxygens (including phenoxy) is 1. The number of piperazine rings is 1. The highest BCUT2D eigenvalue weighted by Gasteiger charge is 2.24. The molecule has 3 heteroatoms. The van der Waals surface area contributed by atoms with E-state index in [9.17, 15) is 0 Å². The minimum Gasteiger partial charge on any atom is -0.494 e. The van der Waals surface area contributed by atoms with E-state index in [1.165, 1.54) is 18.5 Å². The topological polar surface area (TPSA) is 24.5 Å². The number of nitrogens with zero attached hydrogens (tertiary/aromatic N) is 1. The maximum absolute atomic E-state index is 5.65.